The molecule has 0 saturated heterocycles. The Bertz CT molecular complexity index is 511. The van der Waals surface area contributed by atoms with Crippen LogP contribution >= 0.6 is 0 Å². The Kier molecular flexibility index (Phi) is 2.55. The number of hydrogen-bond acceptors (Lipinski definition) is 1. The molecule has 1 N–H and O–H groups in total. The summed E-state index contributed by atoms with van der Waals surface area (Å²) in [7, 11) is 0. The lowest BCUT2D eigenvalue weighted by Crippen LogP contribution is -1.93. The van der Waals surface area contributed by atoms with E-state index in [2.05, 4.69) is 42.7 Å². The molecule has 2 aromatic rings. The molecule has 0 atom stereocenters. The van der Waals surface area contributed by atoms with Gasteiger partial charge in [-0.2, -0.15) is 0 Å². The topological polar surface area (TPSA) is 12.0 Å². The summed E-state index contributed by atoms with van der Waals surface area (Å²) in [5.41, 5.74) is 1.85. The van der Waals surface area contributed by atoms with Gasteiger partial charge in [0.1, 0.15) is 0 Å². The van der Waals surface area contributed by atoms with E-state index in [9.17, 15) is 0 Å². The Labute approximate surface area is 89.7 Å². The minimum atomic E-state index is 0.810. The average Bonchev–Trinajstić information content (AvgIpc) is 2.29. The zero-order valence-electron chi connectivity index (χ0n) is 8.53. The first-order valence-electron chi connectivity index (χ1n) is 4.87. The molecule has 0 aliphatic rings. The zero-order chi connectivity index (χ0) is 10.7. The molecule has 0 aromatic heterocycles. The van der Waals surface area contributed by atoms with Gasteiger partial charge >= 0.3 is 0 Å². The van der Waals surface area contributed by atoms with Crippen molar-refractivity contribution in [2.75, 3.05) is 5.32 Å². The normalized spacial score (nSPS) is 9.87. The van der Waals surface area contributed by atoms with E-state index in [1.807, 2.05) is 18.2 Å². The molecular weight excluding hydrogens is 182 g/mol. The quantitative estimate of drug-likeness (QED) is 0.731. The molecule has 74 valence electrons. The first kappa shape index (κ1) is 9.53. The fourth-order valence-corrected chi connectivity index (χ4v) is 1.50. The minimum absolute atomic E-state index is 0.810. The highest BCUT2D eigenvalue weighted by molar-refractivity contribution is 5.85. The predicted molar refractivity (Wildman–Crippen MR) is 66.9 cm³/mol. The van der Waals surface area contributed by atoms with E-state index >= 15 is 0 Å². The third-order valence-corrected chi connectivity index (χ3v) is 2.30. The van der Waals surface area contributed by atoms with E-state index < -0.39 is 0 Å². The first-order chi connectivity index (χ1) is 7.29. The second-order valence-corrected chi connectivity index (χ2v) is 3.42. The number of allylic oxidation sites excluding steroid dienone is 1. The molecule has 0 aliphatic carbocycles. The molecule has 15 heavy (non-hydrogen) atoms. The van der Waals surface area contributed by atoms with Gasteiger partial charge in [-0.25, -0.2) is 0 Å². The van der Waals surface area contributed by atoms with Crippen LogP contribution < -0.4 is 5.32 Å². The molecule has 2 aromatic carbocycles. The fourth-order valence-electron chi connectivity index (χ4n) is 1.50. The van der Waals surface area contributed by atoms with Crippen molar-refractivity contribution in [1.29, 1.82) is 0 Å². The second-order valence-electron chi connectivity index (χ2n) is 3.42. The minimum Gasteiger partial charge on any atom is -0.356 e. The molecule has 0 radical (unpaired) electrons. The van der Waals surface area contributed by atoms with Crippen LogP contribution in [0.2, 0.25) is 0 Å². The standard InChI is InChI=1S/C14H13N/c1-3-11(2)15-14-9-8-12-6-4-5-7-13(12)10-14/h3-10,15H,1-2H2. The van der Waals surface area contributed by atoms with Crippen molar-refractivity contribution in [3.8, 4) is 0 Å². The molecule has 2 rings (SSSR count). The van der Waals surface area contributed by atoms with Gasteiger partial charge in [-0.3, -0.25) is 0 Å². The van der Waals surface area contributed by atoms with Crippen LogP contribution in [-0.2, 0) is 0 Å². The number of fused-ring (bicyclic) bond motifs is 1. The molecule has 0 unspecified atom stereocenters. The molecule has 0 bridgehead atoms. The molecule has 0 fully saturated rings. The molecule has 1 heteroatoms. The zero-order valence-corrected chi connectivity index (χ0v) is 8.53. The number of nitrogens with one attached hydrogen (secondary N) is 1. The highest BCUT2D eigenvalue weighted by Crippen LogP contribution is 2.19. The average molecular weight is 195 g/mol. The summed E-state index contributed by atoms with van der Waals surface area (Å²) >= 11 is 0. The molecule has 0 aliphatic heterocycles. The van der Waals surface area contributed by atoms with Gasteiger partial charge in [0, 0.05) is 11.4 Å². The maximum atomic E-state index is 3.82. The summed E-state index contributed by atoms with van der Waals surface area (Å²) in [6.07, 6.45) is 1.70. The van der Waals surface area contributed by atoms with Crippen molar-refractivity contribution in [3.05, 3.63) is 67.4 Å². The molecule has 0 heterocycles. The first-order valence-corrected chi connectivity index (χ1v) is 4.87. The third kappa shape index (κ3) is 2.08. The van der Waals surface area contributed by atoms with Crippen LogP contribution in [0.3, 0.4) is 0 Å². The number of hydrogen-bond donors (Lipinski definition) is 1. The predicted octanol–water partition coefficient (Wildman–Crippen LogP) is 3.95. The van der Waals surface area contributed by atoms with Gasteiger partial charge in [0.25, 0.3) is 0 Å². The molecule has 0 spiro atoms. The van der Waals surface area contributed by atoms with Gasteiger partial charge < -0.3 is 5.32 Å². The number of anilines is 1. The monoisotopic (exact) mass is 195 g/mol. The van der Waals surface area contributed by atoms with Crippen LogP contribution in [-0.4, -0.2) is 0 Å². The molecule has 1 nitrogen and oxygen atoms in total. The van der Waals surface area contributed by atoms with Gasteiger partial charge in [-0.15, -0.1) is 0 Å². The number of rotatable bonds is 3. The maximum Gasteiger partial charge on any atom is 0.0390 e. The van der Waals surface area contributed by atoms with Crippen molar-refractivity contribution in [3.63, 3.8) is 0 Å². The highest BCUT2D eigenvalue weighted by Gasteiger charge is 1.95. The van der Waals surface area contributed by atoms with Crippen LogP contribution in [0.1, 0.15) is 0 Å². The van der Waals surface area contributed by atoms with Crippen LogP contribution in [0, 0.1) is 0 Å². The highest BCUT2D eigenvalue weighted by atomic mass is 14.9. The summed E-state index contributed by atoms with van der Waals surface area (Å²) in [5.74, 6) is 0. The van der Waals surface area contributed by atoms with Crippen molar-refractivity contribution >= 4 is 16.5 Å². The van der Waals surface area contributed by atoms with Gasteiger partial charge in [-0.05, 0) is 29.0 Å². The van der Waals surface area contributed by atoms with Crippen LogP contribution in [0.5, 0.6) is 0 Å². The van der Waals surface area contributed by atoms with E-state index in [1.165, 1.54) is 10.8 Å². The van der Waals surface area contributed by atoms with E-state index in [4.69, 9.17) is 0 Å². The maximum absolute atomic E-state index is 3.82. The van der Waals surface area contributed by atoms with Gasteiger partial charge in [0.05, 0.1) is 0 Å². The molecular formula is C14H13N. The Morgan fingerprint density at radius 3 is 2.53 bits per heavy atom. The lowest BCUT2D eigenvalue weighted by molar-refractivity contribution is 1.52. The van der Waals surface area contributed by atoms with Crippen molar-refractivity contribution in [2.45, 2.75) is 0 Å². The van der Waals surface area contributed by atoms with Gasteiger partial charge in [-0.1, -0.05) is 43.5 Å². The Morgan fingerprint density at radius 1 is 1.07 bits per heavy atom. The van der Waals surface area contributed by atoms with E-state index in [1.54, 1.807) is 6.08 Å². The molecule has 0 saturated carbocycles. The van der Waals surface area contributed by atoms with E-state index in [0.717, 1.165) is 11.4 Å². The van der Waals surface area contributed by atoms with Crippen LogP contribution in [0.4, 0.5) is 5.69 Å². The van der Waals surface area contributed by atoms with Crippen molar-refractivity contribution in [1.82, 2.24) is 0 Å². The summed E-state index contributed by atoms with van der Waals surface area (Å²) in [6, 6.07) is 14.5. The summed E-state index contributed by atoms with van der Waals surface area (Å²) in [6.45, 7) is 7.48. The Morgan fingerprint density at radius 2 is 1.80 bits per heavy atom. The second kappa shape index (κ2) is 4.01. The third-order valence-electron chi connectivity index (χ3n) is 2.30. The lowest BCUT2D eigenvalue weighted by atomic mass is 10.1. The number of benzene rings is 2. The lowest BCUT2D eigenvalue weighted by Gasteiger charge is -2.06. The van der Waals surface area contributed by atoms with E-state index in [0.29, 0.717) is 0 Å². The van der Waals surface area contributed by atoms with Gasteiger partial charge in [0.2, 0.25) is 0 Å². The smallest absolute Gasteiger partial charge is 0.0390 e. The van der Waals surface area contributed by atoms with Crippen molar-refractivity contribution in [2.24, 2.45) is 0 Å². The fraction of sp³-hybridized carbons (Fsp3) is 0. The molecule has 0 amide bonds. The summed E-state index contributed by atoms with van der Waals surface area (Å²) in [4.78, 5) is 0. The van der Waals surface area contributed by atoms with Crippen molar-refractivity contribution < 1.29 is 0 Å². The largest absolute Gasteiger partial charge is 0.356 e. The SMILES string of the molecule is C=CC(=C)Nc1ccc2ccccc2c1. The van der Waals surface area contributed by atoms with Crippen LogP contribution in [0.25, 0.3) is 10.8 Å². The van der Waals surface area contributed by atoms with Crippen LogP contribution in [0.15, 0.2) is 67.4 Å². The Hall–Kier alpha value is -2.02. The van der Waals surface area contributed by atoms with E-state index in [-0.39, 0.29) is 0 Å². The summed E-state index contributed by atoms with van der Waals surface area (Å²) < 4.78 is 0. The van der Waals surface area contributed by atoms with Gasteiger partial charge in [0.15, 0.2) is 0 Å². The Balaban J connectivity index is 2.38. The summed E-state index contributed by atoms with van der Waals surface area (Å²) in [5, 5.41) is 5.64.